The van der Waals surface area contributed by atoms with Gasteiger partial charge in [-0.1, -0.05) is 11.6 Å². The minimum Gasteiger partial charge on any atom is -0.229 e. The molecule has 0 saturated carbocycles. The van der Waals surface area contributed by atoms with Crippen LogP contribution in [0.3, 0.4) is 0 Å². The molecular weight excluding hydrogens is 292 g/mol. The molecule has 0 saturated heterocycles. The fraction of sp³-hybridized carbons (Fsp3) is 0.500. The smallest absolute Gasteiger partial charge is 0.156 e. The van der Waals surface area contributed by atoms with Crippen LogP contribution in [0.25, 0.3) is 0 Å². The number of hydrogen-bond donors (Lipinski definition) is 0. The van der Waals surface area contributed by atoms with Gasteiger partial charge in [0.25, 0.3) is 0 Å². The van der Waals surface area contributed by atoms with Gasteiger partial charge in [0.05, 0.1) is 21.6 Å². The van der Waals surface area contributed by atoms with Crippen LogP contribution in [0.15, 0.2) is 12.1 Å². The van der Waals surface area contributed by atoms with Gasteiger partial charge in [-0.25, -0.2) is 16.8 Å². The molecule has 4 nitrogen and oxygen atoms in total. The Kier molecular flexibility index (Phi) is 4.39. The van der Waals surface area contributed by atoms with Crippen molar-refractivity contribution in [3.8, 4) is 0 Å². The Bertz CT molecular complexity index is 556. The molecule has 1 rings (SSSR count). The van der Waals surface area contributed by atoms with Gasteiger partial charge in [0, 0.05) is 11.1 Å². The highest BCUT2D eigenvalue weighted by Crippen LogP contribution is 2.23. The molecule has 0 aliphatic rings. The first-order chi connectivity index (χ1) is 7.18. The van der Waals surface area contributed by atoms with Gasteiger partial charge in [0.2, 0.25) is 0 Å². The number of sulfone groups is 2. The molecule has 1 aromatic rings. The Morgan fingerprint density at radius 3 is 2.25 bits per heavy atom. The van der Waals surface area contributed by atoms with Crippen molar-refractivity contribution in [3.63, 3.8) is 0 Å². The second-order valence-corrected chi connectivity index (χ2v) is 9.67. The van der Waals surface area contributed by atoms with Crippen LogP contribution < -0.4 is 0 Å². The van der Waals surface area contributed by atoms with Gasteiger partial charge in [-0.05, 0) is 12.1 Å². The lowest BCUT2D eigenvalue weighted by atomic mass is 10.5. The Morgan fingerprint density at radius 1 is 1.19 bits per heavy atom. The lowest BCUT2D eigenvalue weighted by molar-refractivity contribution is 0.590. The van der Waals surface area contributed by atoms with Gasteiger partial charge < -0.3 is 0 Å². The summed E-state index contributed by atoms with van der Waals surface area (Å²) in [4.78, 5) is 0.624. The highest BCUT2D eigenvalue weighted by molar-refractivity contribution is 7.94. The van der Waals surface area contributed by atoms with Crippen LogP contribution in [-0.4, -0.2) is 34.6 Å². The number of rotatable bonds is 5. The lowest BCUT2D eigenvalue weighted by Crippen LogP contribution is -2.17. The topological polar surface area (TPSA) is 68.3 Å². The molecule has 0 radical (unpaired) electrons. The summed E-state index contributed by atoms with van der Waals surface area (Å²) in [5, 5.41) is 0. The highest BCUT2D eigenvalue weighted by atomic mass is 35.5. The molecule has 0 fully saturated rings. The van der Waals surface area contributed by atoms with E-state index < -0.39 is 19.7 Å². The van der Waals surface area contributed by atoms with Crippen LogP contribution in [-0.2, 0) is 25.4 Å². The molecule has 16 heavy (non-hydrogen) atoms. The van der Waals surface area contributed by atoms with E-state index in [0.717, 1.165) is 6.26 Å². The Hall–Kier alpha value is -0.110. The standard InChI is InChI=1S/C8H11ClO4S3/c1-15(10,11)4-5-16(12,13)6-7-2-3-8(9)14-7/h2-3H,4-6H2,1H3. The first kappa shape index (κ1) is 14.0. The van der Waals surface area contributed by atoms with Crippen molar-refractivity contribution in [2.45, 2.75) is 5.75 Å². The summed E-state index contributed by atoms with van der Waals surface area (Å²) in [6.45, 7) is 0. The first-order valence-electron chi connectivity index (χ1n) is 4.30. The number of halogens is 1. The van der Waals surface area contributed by atoms with E-state index in [0.29, 0.717) is 9.21 Å². The molecule has 1 heterocycles. The van der Waals surface area contributed by atoms with Crippen LogP contribution >= 0.6 is 22.9 Å². The van der Waals surface area contributed by atoms with Gasteiger partial charge >= 0.3 is 0 Å². The molecule has 0 atom stereocenters. The fourth-order valence-corrected chi connectivity index (χ4v) is 5.55. The largest absolute Gasteiger partial charge is 0.229 e. The second-order valence-electron chi connectivity index (χ2n) is 3.43. The van der Waals surface area contributed by atoms with E-state index in [1.165, 1.54) is 11.3 Å². The zero-order chi connectivity index (χ0) is 12.4. The third-order valence-electron chi connectivity index (χ3n) is 1.76. The monoisotopic (exact) mass is 302 g/mol. The van der Waals surface area contributed by atoms with Crippen LogP contribution in [0, 0.1) is 0 Å². The van der Waals surface area contributed by atoms with Gasteiger partial charge in [-0.15, -0.1) is 11.3 Å². The molecule has 0 aliphatic heterocycles. The fourth-order valence-electron chi connectivity index (χ4n) is 0.997. The molecule has 0 N–H and O–H groups in total. The SMILES string of the molecule is CS(=O)(=O)CCS(=O)(=O)Cc1ccc(Cl)s1. The van der Waals surface area contributed by atoms with E-state index in [9.17, 15) is 16.8 Å². The molecule has 0 unspecified atom stereocenters. The van der Waals surface area contributed by atoms with E-state index in [4.69, 9.17) is 11.6 Å². The van der Waals surface area contributed by atoms with Crippen LogP contribution in [0.5, 0.6) is 0 Å². The summed E-state index contributed by atoms with van der Waals surface area (Å²) < 4.78 is 45.3. The van der Waals surface area contributed by atoms with E-state index in [1.807, 2.05) is 0 Å². The van der Waals surface area contributed by atoms with E-state index >= 15 is 0 Å². The Morgan fingerprint density at radius 2 is 1.81 bits per heavy atom. The first-order valence-corrected chi connectivity index (χ1v) is 9.38. The van der Waals surface area contributed by atoms with Crippen LogP contribution in [0.2, 0.25) is 4.34 Å². The van der Waals surface area contributed by atoms with E-state index in [2.05, 4.69) is 0 Å². The zero-order valence-electron chi connectivity index (χ0n) is 8.51. The van der Waals surface area contributed by atoms with Gasteiger partial charge in [-0.3, -0.25) is 0 Å². The van der Waals surface area contributed by atoms with Gasteiger partial charge in [-0.2, -0.15) is 0 Å². The maximum absolute atomic E-state index is 11.6. The highest BCUT2D eigenvalue weighted by Gasteiger charge is 2.16. The molecule has 0 spiro atoms. The van der Waals surface area contributed by atoms with Crippen LogP contribution in [0.4, 0.5) is 0 Å². The summed E-state index contributed by atoms with van der Waals surface area (Å²) >= 11 is 6.85. The Balaban J connectivity index is 2.66. The average molecular weight is 303 g/mol. The maximum Gasteiger partial charge on any atom is 0.156 e. The summed E-state index contributed by atoms with van der Waals surface area (Å²) in [7, 11) is -6.63. The Labute approximate surface area is 104 Å². The van der Waals surface area contributed by atoms with E-state index in [-0.39, 0.29) is 17.3 Å². The molecule has 0 aliphatic carbocycles. The normalized spacial score (nSPS) is 12.9. The summed E-state index contributed by atoms with van der Waals surface area (Å²) in [5.41, 5.74) is 0. The van der Waals surface area contributed by atoms with Crippen molar-refractivity contribution < 1.29 is 16.8 Å². The molecule has 0 bridgehead atoms. The molecule has 0 amide bonds. The minimum absolute atomic E-state index is 0.153. The summed E-state index contributed by atoms with van der Waals surface area (Å²) in [6.07, 6.45) is 1.02. The van der Waals surface area contributed by atoms with Gasteiger partial charge in [0.15, 0.2) is 9.84 Å². The van der Waals surface area contributed by atoms with Gasteiger partial charge in [0.1, 0.15) is 9.84 Å². The summed E-state index contributed by atoms with van der Waals surface area (Å²) in [5.74, 6) is -0.838. The van der Waals surface area contributed by atoms with Crippen molar-refractivity contribution in [3.05, 3.63) is 21.3 Å². The average Bonchev–Trinajstić information content (AvgIpc) is 2.46. The number of thiophene rings is 1. The third-order valence-corrected chi connectivity index (χ3v) is 5.95. The molecular formula is C8H11ClO4S3. The van der Waals surface area contributed by atoms with Crippen molar-refractivity contribution >= 4 is 42.6 Å². The predicted octanol–water partition coefficient (Wildman–Crippen LogP) is 1.36. The summed E-state index contributed by atoms with van der Waals surface area (Å²) in [6, 6.07) is 3.25. The zero-order valence-corrected chi connectivity index (χ0v) is 11.7. The van der Waals surface area contributed by atoms with Crippen LogP contribution in [0.1, 0.15) is 4.88 Å². The quantitative estimate of drug-likeness (QED) is 0.823. The van der Waals surface area contributed by atoms with E-state index in [1.54, 1.807) is 12.1 Å². The lowest BCUT2D eigenvalue weighted by Gasteiger charge is -2.01. The molecule has 92 valence electrons. The second kappa shape index (κ2) is 5.03. The minimum atomic E-state index is -3.38. The molecule has 8 heteroatoms. The molecule has 0 aromatic carbocycles. The predicted molar refractivity (Wildman–Crippen MR) is 66.5 cm³/mol. The maximum atomic E-state index is 11.6. The third kappa shape index (κ3) is 5.29. The number of hydrogen-bond acceptors (Lipinski definition) is 5. The van der Waals surface area contributed by atoms with Crippen molar-refractivity contribution in [1.29, 1.82) is 0 Å². The van der Waals surface area contributed by atoms with Crippen molar-refractivity contribution in [2.24, 2.45) is 0 Å². The van der Waals surface area contributed by atoms with Crippen molar-refractivity contribution in [1.82, 2.24) is 0 Å². The molecule has 1 aromatic heterocycles. The van der Waals surface area contributed by atoms with Crippen molar-refractivity contribution in [2.75, 3.05) is 17.8 Å².